The minimum Gasteiger partial charge on any atom is -0.392 e. The lowest BCUT2D eigenvalue weighted by molar-refractivity contribution is -0.128. The van der Waals surface area contributed by atoms with Gasteiger partial charge in [-0.3, -0.25) is 4.79 Å². The first-order valence-corrected chi connectivity index (χ1v) is 13.0. The number of aliphatic hydroxyl groups excluding tert-OH is 2. The number of halogens is 2. The molecule has 1 aliphatic carbocycles. The van der Waals surface area contributed by atoms with Crippen LogP contribution in [-0.2, 0) is 22.2 Å². The van der Waals surface area contributed by atoms with Crippen molar-refractivity contribution in [3.63, 3.8) is 0 Å². The summed E-state index contributed by atoms with van der Waals surface area (Å²) < 4.78 is 27.5. The van der Waals surface area contributed by atoms with E-state index in [2.05, 4.69) is 55.7 Å². The predicted octanol–water partition coefficient (Wildman–Crippen LogP) is 4.51. The van der Waals surface area contributed by atoms with Gasteiger partial charge in [0, 0.05) is 25.2 Å². The minimum absolute atomic E-state index is 0.00704. The molecule has 1 fully saturated rings. The van der Waals surface area contributed by atoms with Gasteiger partial charge >= 0.3 is 0 Å². The van der Waals surface area contributed by atoms with Crippen molar-refractivity contribution in [2.45, 2.75) is 69.9 Å². The van der Waals surface area contributed by atoms with Crippen molar-refractivity contribution in [2.24, 2.45) is 5.92 Å². The molecule has 1 saturated carbocycles. The van der Waals surface area contributed by atoms with Gasteiger partial charge in [-0.25, -0.2) is 8.78 Å². The van der Waals surface area contributed by atoms with Crippen LogP contribution >= 0.6 is 0 Å². The first-order valence-electron chi connectivity index (χ1n) is 13.0. The zero-order valence-corrected chi connectivity index (χ0v) is 22.3. The molecule has 0 bridgehead atoms. The maximum absolute atomic E-state index is 13.8. The van der Waals surface area contributed by atoms with Crippen molar-refractivity contribution in [2.75, 3.05) is 20.2 Å². The molecule has 3 rings (SSSR count). The van der Waals surface area contributed by atoms with E-state index in [0.717, 1.165) is 37.3 Å². The van der Waals surface area contributed by atoms with Crippen molar-refractivity contribution >= 4 is 5.91 Å². The van der Waals surface area contributed by atoms with Gasteiger partial charge in [-0.1, -0.05) is 56.7 Å². The van der Waals surface area contributed by atoms with Crippen LogP contribution in [-0.4, -0.2) is 42.4 Å². The Hall–Kier alpha value is -2.61. The maximum Gasteiger partial charge on any atom is 0.225 e. The van der Waals surface area contributed by atoms with E-state index >= 15 is 0 Å². The largest absolute Gasteiger partial charge is 0.392 e. The highest BCUT2D eigenvalue weighted by Crippen LogP contribution is 2.40. The van der Waals surface area contributed by atoms with Crippen molar-refractivity contribution in [3.05, 3.63) is 82.4 Å². The van der Waals surface area contributed by atoms with Gasteiger partial charge in [-0.15, -0.1) is 0 Å². The molecule has 2 unspecified atom stereocenters. The maximum atomic E-state index is 13.8. The highest BCUT2D eigenvalue weighted by molar-refractivity contribution is 5.79. The lowest BCUT2D eigenvalue weighted by Crippen LogP contribution is -2.50. The Morgan fingerprint density at radius 1 is 1.11 bits per heavy atom. The Morgan fingerprint density at radius 3 is 2.32 bits per heavy atom. The molecule has 4 N–H and O–H groups in total. The summed E-state index contributed by atoms with van der Waals surface area (Å²) in [5, 5.41) is 26.7. The molecule has 0 spiro atoms. The fraction of sp³-hybridized carbons (Fsp3) is 0.500. The van der Waals surface area contributed by atoms with Gasteiger partial charge in [-0.2, -0.15) is 0 Å². The zero-order chi connectivity index (χ0) is 27.2. The average Bonchev–Trinajstić information content (AvgIpc) is 2.85. The number of hydrogen-bond acceptors (Lipinski definition) is 4. The monoisotopic (exact) mass is 514 g/mol. The molecule has 5 nitrogen and oxygen atoms in total. The Labute approximate surface area is 219 Å². The quantitative estimate of drug-likeness (QED) is 0.372. The zero-order valence-electron chi connectivity index (χ0n) is 22.3. The van der Waals surface area contributed by atoms with Gasteiger partial charge in [-0.05, 0) is 66.3 Å². The molecule has 7 heteroatoms. The van der Waals surface area contributed by atoms with Gasteiger partial charge in [0.1, 0.15) is 11.6 Å². The first-order chi connectivity index (χ1) is 17.5. The Kier molecular flexibility index (Phi) is 9.62. The van der Waals surface area contributed by atoms with Crippen molar-refractivity contribution in [1.29, 1.82) is 0 Å². The molecule has 2 aromatic carbocycles. The topological polar surface area (TPSA) is 81.6 Å². The van der Waals surface area contributed by atoms with E-state index in [1.807, 2.05) is 6.08 Å². The van der Waals surface area contributed by atoms with Crippen LogP contribution in [0, 0.1) is 17.6 Å². The summed E-state index contributed by atoms with van der Waals surface area (Å²) in [6, 6.07) is 11.7. The highest BCUT2D eigenvalue weighted by atomic mass is 19.1. The van der Waals surface area contributed by atoms with Crippen LogP contribution < -0.4 is 10.6 Å². The molecule has 2 atom stereocenters. The summed E-state index contributed by atoms with van der Waals surface area (Å²) in [5.74, 6) is -2.71. The fourth-order valence-electron chi connectivity index (χ4n) is 5.20. The third-order valence-electron chi connectivity index (χ3n) is 7.48. The molecule has 202 valence electrons. The van der Waals surface area contributed by atoms with Crippen LogP contribution in [0.25, 0.3) is 0 Å². The van der Waals surface area contributed by atoms with Crippen LogP contribution in [0.5, 0.6) is 0 Å². The summed E-state index contributed by atoms with van der Waals surface area (Å²) in [7, 11) is 1.48. The molecule has 37 heavy (non-hydrogen) atoms. The predicted molar refractivity (Wildman–Crippen MR) is 142 cm³/mol. The number of carbonyl (C=O) groups is 1. The molecular formula is C30H40F2N2O3. The van der Waals surface area contributed by atoms with Crippen molar-refractivity contribution in [3.8, 4) is 0 Å². The van der Waals surface area contributed by atoms with Gasteiger partial charge in [0.05, 0.1) is 18.6 Å². The molecule has 0 heterocycles. The molecule has 0 aromatic heterocycles. The summed E-state index contributed by atoms with van der Waals surface area (Å²) in [4.78, 5) is 12.7. The molecule has 1 aliphatic rings. The van der Waals surface area contributed by atoms with E-state index in [1.54, 1.807) is 0 Å². The van der Waals surface area contributed by atoms with Crippen molar-refractivity contribution in [1.82, 2.24) is 10.6 Å². The lowest BCUT2D eigenvalue weighted by Gasteiger charge is -2.41. The molecule has 1 amide bonds. The number of benzene rings is 2. The third-order valence-corrected chi connectivity index (χ3v) is 7.48. The number of rotatable bonds is 9. The molecule has 2 aromatic rings. The number of carbonyl (C=O) groups excluding carboxylic acids is 1. The molecule has 0 saturated heterocycles. The SMILES string of the molecule is CNC(=O)C(Cc1cc(F)cc(F)c1)C(O)CNC1(c2cccc(C(C)(C)C)c2)CCC(=CCO)CC1. The van der Waals surface area contributed by atoms with E-state index in [9.17, 15) is 23.8 Å². The van der Waals surface area contributed by atoms with E-state index in [4.69, 9.17) is 0 Å². The van der Waals surface area contributed by atoms with Gasteiger partial charge < -0.3 is 20.8 Å². The fourth-order valence-corrected chi connectivity index (χ4v) is 5.20. The molecular weight excluding hydrogens is 474 g/mol. The second kappa shape index (κ2) is 12.3. The number of allylic oxidation sites excluding steroid dienone is 1. The van der Waals surface area contributed by atoms with Gasteiger partial charge in [0.25, 0.3) is 0 Å². The lowest BCUT2D eigenvalue weighted by atomic mass is 9.73. The average molecular weight is 515 g/mol. The highest BCUT2D eigenvalue weighted by Gasteiger charge is 2.37. The van der Waals surface area contributed by atoms with Gasteiger partial charge in [0.15, 0.2) is 0 Å². The second-order valence-corrected chi connectivity index (χ2v) is 11.1. The number of aliphatic hydroxyl groups is 2. The second-order valence-electron chi connectivity index (χ2n) is 11.1. The summed E-state index contributed by atoms with van der Waals surface area (Å²) in [6.07, 6.45) is 3.97. The molecule has 0 aliphatic heterocycles. The number of amides is 1. The van der Waals surface area contributed by atoms with E-state index in [-0.39, 0.29) is 30.9 Å². The van der Waals surface area contributed by atoms with E-state index in [0.29, 0.717) is 5.56 Å². The third kappa shape index (κ3) is 7.46. The number of nitrogens with one attached hydrogen (secondary N) is 2. The summed E-state index contributed by atoms with van der Waals surface area (Å²) >= 11 is 0. The smallest absolute Gasteiger partial charge is 0.225 e. The van der Waals surface area contributed by atoms with E-state index < -0.39 is 29.2 Å². The molecule has 0 radical (unpaired) electrons. The van der Waals surface area contributed by atoms with E-state index in [1.165, 1.54) is 30.3 Å². The van der Waals surface area contributed by atoms with Crippen LogP contribution in [0.1, 0.15) is 63.1 Å². The minimum atomic E-state index is -1.08. The Bertz CT molecular complexity index is 1080. The first kappa shape index (κ1) is 29.0. The van der Waals surface area contributed by atoms with Crippen molar-refractivity contribution < 1.29 is 23.8 Å². The van der Waals surface area contributed by atoms with Crippen LogP contribution in [0.15, 0.2) is 54.1 Å². The van der Waals surface area contributed by atoms with Crippen LogP contribution in [0.4, 0.5) is 8.78 Å². The Balaban J connectivity index is 1.86. The summed E-state index contributed by atoms with van der Waals surface area (Å²) in [5.41, 5.74) is 3.40. The Morgan fingerprint density at radius 2 is 1.76 bits per heavy atom. The summed E-state index contributed by atoms with van der Waals surface area (Å²) in [6.45, 7) is 6.66. The van der Waals surface area contributed by atoms with Crippen LogP contribution in [0.2, 0.25) is 0 Å². The van der Waals surface area contributed by atoms with Gasteiger partial charge in [0.2, 0.25) is 5.91 Å². The number of hydrogen-bond donors (Lipinski definition) is 4. The van der Waals surface area contributed by atoms with Crippen LogP contribution in [0.3, 0.4) is 0 Å². The normalized spacial score (nSPS) is 19.8. The standard InChI is InChI=1S/C30H40F2N2O3/c1-29(2,3)22-6-5-7-23(17-22)30(11-8-20(9-12-30)10-13-35)34-19-27(36)26(28(37)33-4)16-21-14-24(31)18-25(32)15-21/h5-7,10,14-15,17-18,26-27,34-36H,8-9,11-13,16,19H2,1-4H3,(H,33,37).